The molecule has 0 atom stereocenters. The van der Waals surface area contributed by atoms with Crippen molar-refractivity contribution in [1.82, 2.24) is 0 Å². The van der Waals surface area contributed by atoms with Gasteiger partial charge in [-0.05, 0) is 56.2 Å². The van der Waals surface area contributed by atoms with Gasteiger partial charge in [-0.25, -0.2) is 0 Å². The van der Waals surface area contributed by atoms with Crippen molar-refractivity contribution in [2.24, 2.45) is 0 Å². The number of anilines is 1. The van der Waals surface area contributed by atoms with Gasteiger partial charge in [-0.3, -0.25) is 0 Å². The van der Waals surface area contributed by atoms with Gasteiger partial charge in [0.15, 0.2) is 0 Å². The second-order valence-electron chi connectivity index (χ2n) is 6.18. The van der Waals surface area contributed by atoms with Crippen LogP contribution in [-0.4, -0.2) is 31.6 Å². The van der Waals surface area contributed by atoms with Crippen molar-refractivity contribution in [3.63, 3.8) is 0 Å². The lowest BCUT2D eigenvalue weighted by Crippen LogP contribution is -2.17. The Morgan fingerprint density at radius 3 is 2.27 bits per heavy atom. The Bertz CT molecular complexity index is 387. The number of unbranched alkanes of at least 4 members (excludes halogenated alkanes) is 3. The van der Waals surface area contributed by atoms with Crippen LogP contribution in [0.1, 0.15) is 50.5 Å². The Morgan fingerprint density at radius 1 is 0.864 bits per heavy atom. The molecule has 0 radical (unpaired) electrons. The molecule has 0 spiro atoms. The van der Waals surface area contributed by atoms with Crippen LogP contribution in [-0.2, 0) is 11.2 Å². The van der Waals surface area contributed by atoms with Crippen LogP contribution >= 0.6 is 15.9 Å². The third-order valence-corrected chi connectivity index (χ3v) is 4.89. The number of nitrogens with zero attached hydrogens (tertiary/aromatic N) is 1. The molecule has 2 nitrogen and oxygen atoms in total. The van der Waals surface area contributed by atoms with Gasteiger partial charge in [0.1, 0.15) is 0 Å². The van der Waals surface area contributed by atoms with Gasteiger partial charge in [0.05, 0.1) is 0 Å². The lowest BCUT2D eigenvalue weighted by molar-refractivity contribution is 0.128. The highest BCUT2D eigenvalue weighted by Crippen LogP contribution is 2.20. The summed E-state index contributed by atoms with van der Waals surface area (Å²) in [5.74, 6) is 0. The first-order valence-corrected chi connectivity index (χ1v) is 10.00. The molecule has 1 aromatic carbocycles. The van der Waals surface area contributed by atoms with E-state index in [0.29, 0.717) is 0 Å². The minimum absolute atomic E-state index is 0.895. The first-order chi connectivity index (χ1) is 10.9. The van der Waals surface area contributed by atoms with Crippen molar-refractivity contribution in [1.29, 1.82) is 0 Å². The number of alkyl halides is 1. The molecule has 22 heavy (non-hydrogen) atoms. The zero-order valence-corrected chi connectivity index (χ0v) is 15.3. The number of rotatable bonds is 11. The first kappa shape index (κ1) is 17.8. The van der Waals surface area contributed by atoms with Crippen molar-refractivity contribution in [3.8, 4) is 0 Å². The van der Waals surface area contributed by atoms with E-state index in [-0.39, 0.29) is 0 Å². The van der Waals surface area contributed by atoms with Gasteiger partial charge in [0, 0.05) is 37.3 Å². The third-order valence-electron chi connectivity index (χ3n) is 4.33. The van der Waals surface area contributed by atoms with Crippen LogP contribution in [0, 0.1) is 0 Å². The Labute approximate surface area is 144 Å². The van der Waals surface area contributed by atoms with E-state index in [9.17, 15) is 0 Å². The van der Waals surface area contributed by atoms with Gasteiger partial charge in [-0.1, -0.05) is 40.9 Å². The van der Waals surface area contributed by atoms with E-state index < -0.39 is 0 Å². The Balaban J connectivity index is 1.52. The van der Waals surface area contributed by atoms with Crippen molar-refractivity contribution >= 4 is 21.6 Å². The third kappa shape index (κ3) is 6.70. The molecule has 2 rings (SSSR count). The summed E-state index contributed by atoms with van der Waals surface area (Å²) in [5, 5.41) is 1.13. The summed E-state index contributed by atoms with van der Waals surface area (Å²) in [6.45, 7) is 4.27. The topological polar surface area (TPSA) is 12.5 Å². The lowest BCUT2D eigenvalue weighted by atomic mass is 10.1. The van der Waals surface area contributed by atoms with Crippen molar-refractivity contribution in [2.45, 2.75) is 51.4 Å². The zero-order valence-electron chi connectivity index (χ0n) is 13.7. The average molecular weight is 368 g/mol. The second-order valence-corrected chi connectivity index (χ2v) is 6.97. The average Bonchev–Trinajstić information content (AvgIpc) is 3.08. The van der Waals surface area contributed by atoms with E-state index in [2.05, 4.69) is 45.1 Å². The molecule has 0 N–H and O–H groups in total. The summed E-state index contributed by atoms with van der Waals surface area (Å²) in [6.07, 6.45) is 10.0. The fourth-order valence-electron chi connectivity index (χ4n) is 2.98. The summed E-state index contributed by atoms with van der Waals surface area (Å²) in [7, 11) is 0. The van der Waals surface area contributed by atoms with E-state index in [1.807, 2.05) is 0 Å². The minimum atomic E-state index is 0.895. The summed E-state index contributed by atoms with van der Waals surface area (Å²) >= 11 is 3.46. The zero-order chi connectivity index (χ0) is 15.5. The predicted octanol–water partition coefficient (Wildman–Crippen LogP) is 5.19. The van der Waals surface area contributed by atoms with Crippen LogP contribution in [0.5, 0.6) is 0 Å². The highest BCUT2D eigenvalue weighted by atomic mass is 79.9. The Kier molecular flexibility index (Phi) is 8.96. The summed E-state index contributed by atoms with van der Waals surface area (Å²) in [5.41, 5.74) is 2.82. The first-order valence-electron chi connectivity index (χ1n) is 8.88. The molecule has 1 aliphatic rings. The smallest absolute Gasteiger partial charge is 0.0469 e. The molecule has 0 unspecified atom stereocenters. The highest BCUT2D eigenvalue weighted by Gasteiger charge is 2.11. The standard InChI is InChI=1S/C19H30BrNO/c20-13-3-1-2-6-16-22-17-7-8-18-9-11-19(12-10-18)21-14-4-5-15-21/h9-12H,1-8,13-17H2. The highest BCUT2D eigenvalue weighted by molar-refractivity contribution is 9.09. The van der Waals surface area contributed by atoms with Crippen molar-refractivity contribution in [2.75, 3.05) is 36.5 Å². The number of halogens is 1. The number of benzene rings is 1. The summed E-state index contributed by atoms with van der Waals surface area (Å²) in [4.78, 5) is 2.49. The monoisotopic (exact) mass is 367 g/mol. The molecule has 1 heterocycles. The molecule has 0 aromatic heterocycles. The maximum Gasteiger partial charge on any atom is 0.0469 e. The molecule has 0 saturated carbocycles. The molecule has 1 aromatic rings. The molecular weight excluding hydrogens is 338 g/mol. The molecule has 124 valence electrons. The van der Waals surface area contributed by atoms with Gasteiger partial charge < -0.3 is 9.64 Å². The fraction of sp³-hybridized carbons (Fsp3) is 0.684. The summed E-state index contributed by atoms with van der Waals surface area (Å²) in [6, 6.07) is 9.14. The Hall–Kier alpha value is -0.540. The van der Waals surface area contributed by atoms with Crippen molar-refractivity contribution < 1.29 is 4.74 Å². The van der Waals surface area contributed by atoms with Gasteiger partial charge in [0.2, 0.25) is 0 Å². The van der Waals surface area contributed by atoms with Crippen LogP contribution < -0.4 is 4.90 Å². The summed E-state index contributed by atoms with van der Waals surface area (Å²) < 4.78 is 5.72. The van der Waals surface area contributed by atoms with E-state index >= 15 is 0 Å². The van der Waals surface area contributed by atoms with E-state index in [4.69, 9.17) is 4.74 Å². The number of hydrogen-bond donors (Lipinski definition) is 0. The molecule has 0 amide bonds. The molecule has 3 heteroatoms. The molecule has 0 bridgehead atoms. The normalized spacial score (nSPS) is 14.7. The fourth-order valence-corrected chi connectivity index (χ4v) is 3.38. The molecule has 1 aliphatic heterocycles. The number of hydrogen-bond acceptors (Lipinski definition) is 2. The Morgan fingerprint density at radius 2 is 1.55 bits per heavy atom. The van der Waals surface area contributed by atoms with Crippen LogP contribution in [0.25, 0.3) is 0 Å². The molecule has 1 fully saturated rings. The maximum atomic E-state index is 5.72. The van der Waals surface area contributed by atoms with Crippen LogP contribution in [0.2, 0.25) is 0 Å². The van der Waals surface area contributed by atoms with Gasteiger partial charge in [-0.15, -0.1) is 0 Å². The lowest BCUT2D eigenvalue weighted by Gasteiger charge is -2.17. The van der Waals surface area contributed by atoms with Gasteiger partial charge in [0.25, 0.3) is 0 Å². The second kappa shape index (κ2) is 11.1. The van der Waals surface area contributed by atoms with Crippen molar-refractivity contribution in [3.05, 3.63) is 29.8 Å². The van der Waals surface area contributed by atoms with Crippen LogP contribution in [0.3, 0.4) is 0 Å². The van der Waals surface area contributed by atoms with Crippen LogP contribution in [0.4, 0.5) is 5.69 Å². The van der Waals surface area contributed by atoms with Gasteiger partial charge in [-0.2, -0.15) is 0 Å². The molecule has 0 aliphatic carbocycles. The number of aryl methyl sites for hydroxylation is 1. The molecular formula is C19H30BrNO. The van der Waals surface area contributed by atoms with Crippen LogP contribution in [0.15, 0.2) is 24.3 Å². The molecule has 1 saturated heterocycles. The quantitative estimate of drug-likeness (QED) is 0.394. The van der Waals surface area contributed by atoms with Gasteiger partial charge >= 0.3 is 0 Å². The largest absolute Gasteiger partial charge is 0.381 e. The van der Waals surface area contributed by atoms with E-state index in [1.165, 1.54) is 62.9 Å². The van der Waals surface area contributed by atoms with E-state index in [1.54, 1.807) is 0 Å². The maximum absolute atomic E-state index is 5.72. The van der Waals surface area contributed by atoms with E-state index in [0.717, 1.165) is 31.4 Å². The SMILES string of the molecule is BrCCCCCCOCCCc1ccc(N2CCCC2)cc1. The number of ether oxygens (including phenoxy) is 1. The minimum Gasteiger partial charge on any atom is -0.381 e. The predicted molar refractivity (Wildman–Crippen MR) is 99.3 cm³/mol.